The number of nitrogens with one attached hydrogen (secondary N) is 2. The highest BCUT2D eigenvalue weighted by Crippen LogP contribution is 2.24. The molecule has 2 N–H and O–H groups in total. The first-order valence-corrected chi connectivity index (χ1v) is 11.3. The minimum Gasteiger partial charge on any atom is -0.379 e. The number of nitrogens with zero attached hydrogens (tertiary/aromatic N) is 1. The van der Waals surface area contributed by atoms with E-state index >= 15 is 0 Å². The number of carbonyl (C=O) groups excluding carboxylic acids is 2. The first-order valence-electron chi connectivity index (χ1n) is 9.48. The van der Waals surface area contributed by atoms with Crippen molar-refractivity contribution in [2.75, 3.05) is 38.2 Å². The monoisotopic (exact) mass is 469 g/mol. The Labute approximate surface area is 184 Å². The number of ether oxygens (including phenoxy) is 1. The molecule has 8 nitrogen and oxygen atoms in total. The van der Waals surface area contributed by atoms with Gasteiger partial charge in [-0.15, -0.1) is 0 Å². The average molecular weight is 470 g/mol. The number of halogens is 2. The number of hydrogen-bond acceptors (Lipinski definition) is 5. The summed E-state index contributed by atoms with van der Waals surface area (Å²) < 4.78 is 45.9. The van der Waals surface area contributed by atoms with Crippen LogP contribution in [-0.2, 0) is 19.6 Å². The number of sulfonamides is 1. The third kappa shape index (κ3) is 6.01. The summed E-state index contributed by atoms with van der Waals surface area (Å²) in [5, 5.41) is 5.63. The molecule has 0 unspecified atom stereocenters. The topological polar surface area (TPSA) is 105 Å². The van der Waals surface area contributed by atoms with Crippen LogP contribution in [0.3, 0.4) is 0 Å². The smallest absolute Gasteiger partial charge is 0.251 e. The standard InChI is InChI=1S/C20H21ClFN3O5S/c21-15-3-1-14(2-4-15)20(27)23-8-7-19(26)24-16-5-6-17(22)18(13-16)31(28,29)25-9-11-30-12-10-25/h1-6,13H,7-12H2,(H,23,27)(H,24,26). The minimum absolute atomic E-state index is 0.0533. The van der Waals surface area contributed by atoms with Gasteiger partial charge in [-0.3, -0.25) is 9.59 Å². The van der Waals surface area contributed by atoms with E-state index in [-0.39, 0.29) is 50.9 Å². The number of benzene rings is 2. The quantitative estimate of drug-likeness (QED) is 0.647. The van der Waals surface area contributed by atoms with Gasteiger partial charge in [0.15, 0.2) is 0 Å². The number of morpholine rings is 1. The van der Waals surface area contributed by atoms with E-state index in [1.54, 1.807) is 24.3 Å². The van der Waals surface area contributed by atoms with Crippen LogP contribution < -0.4 is 10.6 Å². The van der Waals surface area contributed by atoms with Crippen molar-refractivity contribution in [2.45, 2.75) is 11.3 Å². The van der Waals surface area contributed by atoms with E-state index in [0.717, 1.165) is 16.4 Å². The van der Waals surface area contributed by atoms with Crippen molar-refractivity contribution < 1.29 is 27.1 Å². The lowest BCUT2D eigenvalue weighted by atomic mass is 10.2. The molecule has 1 aliphatic heterocycles. The molecule has 1 fully saturated rings. The second-order valence-corrected chi connectivity index (χ2v) is 9.07. The van der Waals surface area contributed by atoms with Crippen LogP contribution in [0.25, 0.3) is 0 Å². The van der Waals surface area contributed by atoms with Crippen LogP contribution >= 0.6 is 11.6 Å². The van der Waals surface area contributed by atoms with Gasteiger partial charge in [0, 0.05) is 42.3 Å². The highest BCUT2D eigenvalue weighted by molar-refractivity contribution is 7.89. The van der Waals surface area contributed by atoms with E-state index in [0.29, 0.717) is 10.6 Å². The van der Waals surface area contributed by atoms with Gasteiger partial charge in [-0.25, -0.2) is 12.8 Å². The number of carbonyl (C=O) groups is 2. The van der Waals surface area contributed by atoms with Crippen LogP contribution in [0, 0.1) is 5.82 Å². The minimum atomic E-state index is -4.05. The molecule has 166 valence electrons. The van der Waals surface area contributed by atoms with E-state index in [1.165, 1.54) is 6.07 Å². The van der Waals surface area contributed by atoms with Crippen LogP contribution in [0.5, 0.6) is 0 Å². The lowest BCUT2D eigenvalue weighted by Gasteiger charge is -2.26. The van der Waals surface area contributed by atoms with Crippen molar-refractivity contribution in [3.8, 4) is 0 Å². The van der Waals surface area contributed by atoms with Gasteiger partial charge in [0.2, 0.25) is 15.9 Å². The summed E-state index contributed by atoms with van der Waals surface area (Å²) >= 11 is 5.78. The van der Waals surface area contributed by atoms with Crippen molar-refractivity contribution in [1.29, 1.82) is 0 Å². The molecule has 11 heteroatoms. The van der Waals surface area contributed by atoms with Gasteiger partial charge in [0.05, 0.1) is 13.2 Å². The Bertz CT molecular complexity index is 1060. The fourth-order valence-corrected chi connectivity index (χ4v) is 4.55. The maximum absolute atomic E-state index is 14.2. The summed E-state index contributed by atoms with van der Waals surface area (Å²) in [4.78, 5) is 23.7. The van der Waals surface area contributed by atoms with Gasteiger partial charge in [0.1, 0.15) is 10.7 Å². The highest BCUT2D eigenvalue weighted by atomic mass is 35.5. The molecule has 0 atom stereocenters. The molecule has 0 saturated carbocycles. The molecule has 2 amide bonds. The molecule has 2 aromatic rings. The molecular formula is C20H21ClFN3O5S. The van der Waals surface area contributed by atoms with Crippen molar-refractivity contribution in [1.82, 2.24) is 9.62 Å². The van der Waals surface area contributed by atoms with E-state index in [4.69, 9.17) is 16.3 Å². The van der Waals surface area contributed by atoms with Crippen molar-refractivity contribution in [2.24, 2.45) is 0 Å². The Hall–Kier alpha value is -2.53. The molecule has 0 bridgehead atoms. The maximum Gasteiger partial charge on any atom is 0.251 e. The number of hydrogen-bond donors (Lipinski definition) is 2. The van der Waals surface area contributed by atoms with Gasteiger partial charge >= 0.3 is 0 Å². The third-order valence-electron chi connectivity index (χ3n) is 4.55. The van der Waals surface area contributed by atoms with Crippen molar-refractivity contribution in [3.63, 3.8) is 0 Å². The van der Waals surface area contributed by atoms with Gasteiger partial charge in [-0.1, -0.05) is 11.6 Å². The van der Waals surface area contributed by atoms with Gasteiger partial charge in [0.25, 0.3) is 5.91 Å². The molecule has 31 heavy (non-hydrogen) atoms. The Balaban J connectivity index is 1.58. The van der Waals surface area contributed by atoms with Crippen LogP contribution in [0.15, 0.2) is 47.4 Å². The largest absolute Gasteiger partial charge is 0.379 e. The van der Waals surface area contributed by atoms with Gasteiger partial charge in [-0.05, 0) is 42.5 Å². The predicted molar refractivity (Wildman–Crippen MR) is 113 cm³/mol. The Morgan fingerprint density at radius 3 is 2.45 bits per heavy atom. The van der Waals surface area contributed by atoms with E-state index in [1.807, 2.05) is 0 Å². The second kappa shape index (κ2) is 10.2. The lowest BCUT2D eigenvalue weighted by Crippen LogP contribution is -2.40. The highest BCUT2D eigenvalue weighted by Gasteiger charge is 2.29. The third-order valence-corrected chi connectivity index (χ3v) is 6.71. The SMILES string of the molecule is O=C(CCNC(=O)c1ccc(Cl)cc1)Nc1ccc(F)c(S(=O)(=O)N2CCOCC2)c1. The summed E-state index contributed by atoms with van der Waals surface area (Å²) in [5.74, 6) is -1.72. The molecule has 0 aromatic heterocycles. The zero-order valence-corrected chi connectivity index (χ0v) is 18.0. The molecule has 1 saturated heterocycles. The molecule has 0 spiro atoms. The normalized spacial score (nSPS) is 14.8. The number of rotatable bonds is 7. The first-order chi connectivity index (χ1) is 14.8. The second-order valence-electron chi connectivity index (χ2n) is 6.72. The molecule has 0 aliphatic carbocycles. The van der Waals surface area contributed by atoms with Gasteiger partial charge < -0.3 is 15.4 Å². The summed E-state index contributed by atoms with van der Waals surface area (Å²) in [6.45, 7) is 0.794. The molecular weight excluding hydrogens is 449 g/mol. The molecule has 1 heterocycles. The predicted octanol–water partition coefficient (Wildman–Crippen LogP) is 2.26. The molecule has 3 rings (SSSR count). The summed E-state index contributed by atoms with van der Waals surface area (Å²) in [5.41, 5.74) is 0.545. The summed E-state index contributed by atoms with van der Waals surface area (Å²) in [6.07, 6.45) is -0.0533. The summed E-state index contributed by atoms with van der Waals surface area (Å²) in [6, 6.07) is 9.65. The zero-order chi connectivity index (χ0) is 22.4. The lowest BCUT2D eigenvalue weighted by molar-refractivity contribution is -0.116. The fourth-order valence-electron chi connectivity index (χ4n) is 2.92. The van der Waals surface area contributed by atoms with Crippen LogP contribution in [-0.4, -0.2) is 57.4 Å². The maximum atomic E-state index is 14.2. The van der Waals surface area contributed by atoms with Crippen LogP contribution in [0.4, 0.5) is 10.1 Å². The van der Waals surface area contributed by atoms with E-state index < -0.39 is 26.6 Å². The van der Waals surface area contributed by atoms with E-state index in [2.05, 4.69) is 10.6 Å². The molecule has 0 radical (unpaired) electrons. The first kappa shape index (κ1) is 23.1. The zero-order valence-electron chi connectivity index (χ0n) is 16.4. The Morgan fingerprint density at radius 2 is 1.77 bits per heavy atom. The number of anilines is 1. The Kier molecular flexibility index (Phi) is 7.60. The van der Waals surface area contributed by atoms with Crippen LogP contribution in [0.1, 0.15) is 16.8 Å². The average Bonchev–Trinajstić information content (AvgIpc) is 2.76. The van der Waals surface area contributed by atoms with Crippen molar-refractivity contribution >= 4 is 39.1 Å². The molecule has 2 aromatic carbocycles. The fraction of sp³-hybridized carbons (Fsp3) is 0.300. The number of amides is 2. The van der Waals surface area contributed by atoms with Crippen molar-refractivity contribution in [3.05, 3.63) is 58.9 Å². The molecule has 1 aliphatic rings. The van der Waals surface area contributed by atoms with E-state index in [9.17, 15) is 22.4 Å². The summed E-state index contributed by atoms with van der Waals surface area (Å²) in [7, 11) is -4.05. The van der Waals surface area contributed by atoms with Gasteiger partial charge in [-0.2, -0.15) is 4.31 Å². The Morgan fingerprint density at radius 1 is 1.10 bits per heavy atom. The van der Waals surface area contributed by atoms with Crippen LogP contribution in [0.2, 0.25) is 5.02 Å².